The molecule has 0 bridgehead atoms. The third-order valence-corrected chi connectivity index (χ3v) is 3.93. The maximum absolute atomic E-state index is 13.2. The van der Waals surface area contributed by atoms with Gasteiger partial charge in [0.1, 0.15) is 11.6 Å². The van der Waals surface area contributed by atoms with Crippen molar-refractivity contribution in [3.05, 3.63) is 57.3 Å². The van der Waals surface area contributed by atoms with E-state index in [9.17, 15) is 4.39 Å². The van der Waals surface area contributed by atoms with Gasteiger partial charge in [0.2, 0.25) is 0 Å². The van der Waals surface area contributed by atoms with Gasteiger partial charge in [0.15, 0.2) is 0 Å². The van der Waals surface area contributed by atoms with Crippen molar-refractivity contribution in [2.45, 2.75) is 13.0 Å². The van der Waals surface area contributed by atoms with Crippen LogP contribution in [0.3, 0.4) is 0 Å². The average Bonchev–Trinajstić information content (AvgIpc) is 2.42. The Balaban J connectivity index is 2.21. The Morgan fingerprint density at radius 2 is 2.00 bits per heavy atom. The molecule has 0 aliphatic heterocycles. The van der Waals surface area contributed by atoms with Gasteiger partial charge < -0.3 is 10.1 Å². The summed E-state index contributed by atoms with van der Waals surface area (Å²) >= 11 is 9.50. The van der Waals surface area contributed by atoms with Gasteiger partial charge in [-0.15, -0.1) is 0 Å². The zero-order chi connectivity index (χ0) is 14.7. The van der Waals surface area contributed by atoms with Crippen molar-refractivity contribution in [3.8, 4) is 5.75 Å². The molecule has 1 unspecified atom stereocenters. The highest BCUT2D eigenvalue weighted by atomic mass is 79.9. The molecule has 0 aliphatic carbocycles. The van der Waals surface area contributed by atoms with Gasteiger partial charge in [-0.1, -0.05) is 17.7 Å². The molecule has 2 aromatic carbocycles. The predicted molar refractivity (Wildman–Crippen MR) is 84.1 cm³/mol. The normalized spacial score (nSPS) is 12.1. The van der Waals surface area contributed by atoms with Gasteiger partial charge in [0, 0.05) is 6.04 Å². The average molecular weight is 359 g/mol. The molecular weight excluding hydrogens is 345 g/mol. The molecule has 2 rings (SSSR count). The van der Waals surface area contributed by atoms with Crippen LogP contribution < -0.4 is 10.1 Å². The number of nitrogens with one attached hydrogen (secondary N) is 1. The lowest BCUT2D eigenvalue weighted by atomic mass is 10.1. The fourth-order valence-electron chi connectivity index (χ4n) is 1.88. The van der Waals surface area contributed by atoms with E-state index in [0.717, 1.165) is 15.8 Å². The first-order chi connectivity index (χ1) is 9.51. The summed E-state index contributed by atoms with van der Waals surface area (Å²) in [6, 6.07) is 10.0. The minimum absolute atomic E-state index is 0.0171. The molecule has 0 saturated carbocycles. The molecule has 5 heteroatoms. The molecule has 0 radical (unpaired) electrons. The number of anilines is 1. The fraction of sp³-hybridized carbons (Fsp3) is 0.200. The Morgan fingerprint density at radius 1 is 1.25 bits per heavy atom. The second-order valence-corrected chi connectivity index (χ2v) is 5.65. The molecule has 0 aromatic heterocycles. The van der Waals surface area contributed by atoms with Crippen molar-refractivity contribution in [3.63, 3.8) is 0 Å². The maximum atomic E-state index is 13.2. The summed E-state index contributed by atoms with van der Waals surface area (Å²) in [7, 11) is 1.62. The standard InChI is InChI=1S/C15H14BrClFNO/c1-9(10-3-6-15(20-2)12(16)7-10)19-14-8-11(18)4-5-13(14)17/h3-9,19H,1-2H3. The summed E-state index contributed by atoms with van der Waals surface area (Å²) in [4.78, 5) is 0. The summed E-state index contributed by atoms with van der Waals surface area (Å²) in [5, 5.41) is 3.69. The second-order valence-electron chi connectivity index (χ2n) is 4.38. The number of hydrogen-bond donors (Lipinski definition) is 1. The van der Waals surface area contributed by atoms with E-state index in [4.69, 9.17) is 16.3 Å². The number of hydrogen-bond acceptors (Lipinski definition) is 2. The molecule has 0 heterocycles. The minimum atomic E-state index is -0.319. The third kappa shape index (κ3) is 3.44. The third-order valence-electron chi connectivity index (χ3n) is 2.98. The summed E-state index contributed by atoms with van der Waals surface area (Å²) in [5.74, 6) is 0.449. The van der Waals surface area contributed by atoms with Gasteiger partial charge in [-0.2, -0.15) is 0 Å². The molecule has 2 nitrogen and oxygen atoms in total. The van der Waals surface area contributed by atoms with Gasteiger partial charge >= 0.3 is 0 Å². The van der Waals surface area contributed by atoms with Crippen LogP contribution in [0.1, 0.15) is 18.5 Å². The highest BCUT2D eigenvalue weighted by Gasteiger charge is 2.10. The number of benzene rings is 2. The predicted octanol–water partition coefficient (Wildman–Crippen LogP) is 5.42. The molecule has 0 aliphatic rings. The van der Waals surface area contributed by atoms with Crippen molar-refractivity contribution >= 4 is 33.2 Å². The highest BCUT2D eigenvalue weighted by molar-refractivity contribution is 9.10. The minimum Gasteiger partial charge on any atom is -0.496 e. The summed E-state index contributed by atoms with van der Waals surface area (Å²) in [6.45, 7) is 1.98. The van der Waals surface area contributed by atoms with E-state index in [1.54, 1.807) is 7.11 Å². The van der Waals surface area contributed by atoms with E-state index in [0.29, 0.717) is 10.7 Å². The van der Waals surface area contributed by atoms with Gasteiger partial charge in [-0.05, 0) is 58.7 Å². The zero-order valence-corrected chi connectivity index (χ0v) is 13.4. The Hall–Kier alpha value is -1.26. The van der Waals surface area contributed by atoms with Crippen molar-refractivity contribution in [2.75, 3.05) is 12.4 Å². The Kier molecular flexibility index (Phi) is 4.89. The first kappa shape index (κ1) is 15.1. The first-order valence-electron chi connectivity index (χ1n) is 6.06. The van der Waals surface area contributed by atoms with Gasteiger partial charge in [-0.3, -0.25) is 0 Å². The number of methoxy groups -OCH3 is 1. The largest absolute Gasteiger partial charge is 0.496 e. The van der Waals surface area contributed by atoms with Crippen LogP contribution >= 0.6 is 27.5 Å². The highest BCUT2D eigenvalue weighted by Crippen LogP contribution is 2.31. The van der Waals surface area contributed by atoms with E-state index in [1.165, 1.54) is 18.2 Å². The van der Waals surface area contributed by atoms with Crippen molar-refractivity contribution in [2.24, 2.45) is 0 Å². The molecule has 0 saturated heterocycles. The van der Waals surface area contributed by atoms with Crippen LogP contribution in [0.4, 0.5) is 10.1 Å². The summed E-state index contributed by atoms with van der Waals surface area (Å²) in [5.41, 5.74) is 1.61. The Labute approximate surface area is 131 Å². The van der Waals surface area contributed by atoms with Crippen LogP contribution in [0.2, 0.25) is 5.02 Å². The van der Waals surface area contributed by atoms with E-state index in [2.05, 4.69) is 21.2 Å². The monoisotopic (exact) mass is 357 g/mol. The van der Waals surface area contributed by atoms with E-state index < -0.39 is 0 Å². The number of halogens is 3. The van der Waals surface area contributed by atoms with Gasteiger partial charge in [-0.25, -0.2) is 4.39 Å². The van der Waals surface area contributed by atoms with Gasteiger partial charge in [0.05, 0.1) is 22.3 Å². The van der Waals surface area contributed by atoms with Crippen LogP contribution in [0.5, 0.6) is 5.75 Å². The van der Waals surface area contributed by atoms with Crippen LogP contribution in [0, 0.1) is 5.82 Å². The van der Waals surface area contributed by atoms with Crippen LogP contribution in [-0.2, 0) is 0 Å². The number of rotatable bonds is 4. The maximum Gasteiger partial charge on any atom is 0.133 e. The molecular formula is C15H14BrClFNO. The quantitative estimate of drug-likeness (QED) is 0.787. The lowest BCUT2D eigenvalue weighted by Crippen LogP contribution is -2.07. The molecule has 106 valence electrons. The zero-order valence-electron chi connectivity index (χ0n) is 11.1. The summed E-state index contributed by atoms with van der Waals surface area (Å²) < 4.78 is 19.3. The molecule has 1 N–H and O–H groups in total. The van der Waals surface area contributed by atoms with E-state index >= 15 is 0 Å². The lowest BCUT2D eigenvalue weighted by Gasteiger charge is -2.18. The van der Waals surface area contributed by atoms with Gasteiger partial charge in [0.25, 0.3) is 0 Å². The van der Waals surface area contributed by atoms with Crippen molar-refractivity contribution in [1.29, 1.82) is 0 Å². The molecule has 0 amide bonds. The van der Waals surface area contributed by atoms with Crippen molar-refractivity contribution < 1.29 is 9.13 Å². The SMILES string of the molecule is COc1ccc(C(C)Nc2cc(F)ccc2Cl)cc1Br. The first-order valence-corrected chi connectivity index (χ1v) is 7.23. The smallest absolute Gasteiger partial charge is 0.133 e. The molecule has 1 atom stereocenters. The van der Waals surface area contributed by atoms with Crippen LogP contribution in [0.25, 0.3) is 0 Å². The van der Waals surface area contributed by atoms with Crippen molar-refractivity contribution in [1.82, 2.24) is 0 Å². The Morgan fingerprint density at radius 3 is 2.65 bits per heavy atom. The Bertz CT molecular complexity index is 621. The molecule has 0 spiro atoms. The van der Waals surface area contributed by atoms with E-state index in [-0.39, 0.29) is 11.9 Å². The number of ether oxygens (including phenoxy) is 1. The molecule has 0 fully saturated rings. The van der Waals surface area contributed by atoms with Crippen LogP contribution in [0.15, 0.2) is 40.9 Å². The lowest BCUT2D eigenvalue weighted by molar-refractivity contribution is 0.412. The van der Waals surface area contributed by atoms with E-state index in [1.807, 2.05) is 25.1 Å². The van der Waals surface area contributed by atoms with Crippen LogP contribution in [-0.4, -0.2) is 7.11 Å². The second kappa shape index (κ2) is 6.46. The molecule has 20 heavy (non-hydrogen) atoms. The summed E-state index contributed by atoms with van der Waals surface area (Å²) in [6.07, 6.45) is 0. The fourth-order valence-corrected chi connectivity index (χ4v) is 2.61. The molecule has 2 aromatic rings. The topological polar surface area (TPSA) is 21.3 Å².